The Kier molecular flexibility index (Phi) is 2.68. The van der Waals surface area contributed by atoms with Crippen LogP contribution in [0.3, 0.4) is 0 Å². The van der Waals surface area contributed by atoms with E-state index in [-0.39, 0.29) is 0 Å². The summed E-state index contributed by atoms with van der Waals surface area (Å²) in [5.74, 6) is 0.871. The van der Waals surface area contributed by atoms with E-state index in [9.17, 15) is 0 Å². The number of anilines is 2. The van der Waals surface area contributed by atoms with Crippen LogP contribution in [0.1, 0.15) is 18.3 Å². The smallest absolute Gasteiger partial charge is 0.207 e. The Bertz CT molecular complexity index is 494. The normalized spacial score (nSPS) is 10.8. The fourth-order valence-electron chi connectivity index (χ4n) is 1.73. The van der Waals surface area contributed by atoms with Crippen LogP contribution in [0.15, 0.2) is 12.4 Å². The summed E-state index contributed by atoms with van der Waals surface area (Å²) in [7, 11) is 1.91. The van der Waals surface area contributed by atoms with Gasteiger partial charge in [-0.3, -0.25) is 4.68 Å². The van der Waals surface area contributed by atoms with Crippen LogP contribution in [-0.2, 0) is 13.6 Å². The number of hydrogen-bond acceptors (Lipinski definition) is 3. The molecule has 86 valence electrons. The molecule has 0 spiro atoms. The summed E-state index contributed by atoms with van der Waals surface area (Å²) in [4.78, 5) is 4.44. The molecule has 1 N–H and O–H groups in total. The lowest BCUT2D eigenvalue weighted by molar-refractivity contribution is 0.756. The van der Waals surface area contributed by atoms with E-state index in [1.807, 2.05) is 33.3 Å². The van der Waals surface area contributed by atoms with Gasteiger partial charge in [0.05, 0.1) is 17.1 Å². The first-order chi connectivity index (χ1) is 7.60. The van der Waals surface area contributed by atoms with Crippen molar-refractivity contribution in [1.29, 1.82) is 0 Å². The summed E-state index contributed by atoms with van der Waals surface area (Å²) in [5, 5.41) is 7.59. The second-order valence-electron chi connectivity index (χ2n) is 3.92. The first kappa shape index (κ1) is 10.7. The first-order valence-corrected chi connectivity index (χ1v) is 5.41. The molecule has 2 aromatic rings. The van der Waals surface area contributed by atoms with Crippen LogP contribution >= 0.6 is 0 Å². The number of aryl methyl sites for hydroxylation is 4. The molecule has 2 heterocycles. The van der Waals surface area contributed by atoms with Crippen molar-refractivity contribution in [1.82, 2.24) is 19.3 Å². The first-order valence-electron chi connectivity index (χ1n) is 5.41. The van der Waals surface area contributed by atoms with Crippen molar-refractivity contribution >= 4 is 11.6 Å². The number of rotatable bonds is 3. The van der Waals surface area contributed by atoms with Crippen LogP contribution in [0.2, 0.25) is 0 Å². The zero-order valence-electron chi connectivity index (χ0n) is 10.2. The molecule has 2 aromatic heterocycles. The fourth-order valence-corrected chi connectivity index (χ4v) is 1.73. The van der Waals surface area contributed by atoms with E-state index in [1.165, 1.54) is 0 Å². The Morgan fingerprint density at radius 2 is 2.06 bits per heavy atom. The van der Waals surface area contributed by atoms with Crippen LogP contribution in [-0.4, -0.2) is 19.3 Å². The molecule has 0 aliphatic rings. The van der Waals surface area contributed by atoms with Gasteiger partial charge in [0.25, 0.3) is 0 Å². The number of aromatic nitrogens is 4. The lowest BCUT2D eigenvalue weighted by Crippen LogP contribution is -2.01. The van der Waals surface area contributed by atoms with Gasteiger partial charge >= 0.3 is 0 Å². The third kappa shape index (κ3) is 1.93. The second kappa shape index (κ2) is 4.00. The van der Waals surface area contributed by atoms with Gasteiger partial charge in [-0.15, -0.1) is 0 Å². The van der Waals surface area contributed by atoms with Gasteiger partial charge in [0.2, 0.25) is 5.95 Å². The minimum atomic E-state index is 0.871. The van der Waals surface area contributed by atoms with Crippen LogP contribution in [0.5, 0.6) is 0 Å². The topological polar surface area (TPSA) is 47.7 Å². The molecule has 16 heavy (non-hydrogen) atoms. The molecule has 5 heteroatoms. The Labute approximate surface area is 95.1 Å². The Hall–Kier alpha value is -1.78. The molecule has 0 saturated heterocycles. The maximum absolute atomic E-state index is 4.44. The summed E-state index contributed by atoms with van der Waals surface area (Å²) in [6, 6.07) is 0. The van der Waals surface area contributed by atoms with Gasteiger partial charge in [-0.1, -0.05) is 0 Å². The van der Waals surface area contributed by atoms with E-state index in [0.717, 1.165) is 29.6 Å². The predicted octanol–water partition coefficient (Wildman–Crippen LogP) is 2.00. The second-order valence-corrected chi connectivity index (χ2v) is 3.92. The standard InChI is InChI=1S/C11H17N5/c1-5-16-6-8(2)12-11(16)13-10-7-15(4)14-9(10)3/h6-7H,5H2,1-4H3,(H,12,13). The highest BCUT2D eigenvalue weighted by molar-refractivity contribution is 5.55. The van der Waals surface area contributed by atoms with E-state index in [2.05, 4.69) is 26.9 Å². The van der Waals surface area contributed by atoms with E-state index in [0.29, 0.717) is 0 Å². The van der Waals surface area contributed by atoms with Gasteiger partial charge in [-0.05, 0) is 20.8 Å². The zero-order valence-corrected chi connectivity index (χ0v) is 10.2. The van der Waals surface area contributed by atoms with E-state index < -0.39 is 0 Å². The van der Waals surface area contributed by atoms with E-state index in [4.69, 9.17) is 0 Å². The average Bonchev–Trinajstić information content (AvgIpc) is 2.71. The minimum absolute atomic E-state index is 0.871. The van der Waals surface area contributed by atoms with Crippen LogP contribution < -0.4 is 5.32 Å². The molecule has 0 aromatic carbocycles. The number of nitrogens with zero attached hydrogens (tertiary/aromatic N) is 4. The third-order valence-electron chi connectivity index (χ3n) is 2.50. The summed E-state index contributed by atoms with van der Waals surface area (Å²) < 4.78 is 3.88. The highest BCUT2D eigenvalue weighted by atomic mass is 15.3. The third-order valence-corrected chi connectivity index (χ3v) is 2.50. The van der Waals surface area contributed by atoms with Gasteiger partial charge in [0.1, 0.15) is 0 Å². The fraction of sp³-hybridized carbons (Fsp3) is 0.455. The molecular formula is C11H17N5. The van der Waals surface area contributed by atoms with Crippen molar-refractivity contribution in [2.75, 3.05) is 5.32 Å². The Morgan fingerprint density at radius 3 is 2.62 bits per heavy atom. The van der Waals surface area contributed by atoms with Crippen molar-refractivity contribution in [2.24, 2.45) is 7.05 Å². The summed E-state index contributed by atoms with van der Waals surface area (Å²) in [6.07, 6.45) is 3.99. The quantitative estimate of drug-likeness (QED) is 0.858. The molecule has 5 nitrogen and oxygen atoms in total. The minimum Gasteiger partial charge on any atom is -0.323 e. The zero-order chi connectivity index (χ0) is 11.7. The van der Waals surface area contributed by atoms with Gasteiger partial charge in [0, 0.05) is 26.0 Å². The van der Waals surface area contributed by atoms with E-state index >= 15 is 0 Å². The van der Waals surface area contributed by atoms with Gasteiger partial charge in [-0.25, -0.2) is 4.98 Å². The predicted molar refractivity (Wildman–Crippen MR) is 63.9 cm³/mol. The number of nitrogens with one attached hydrogen (secondary N) is 1. The molecule has 0 saturated carbocycles. The lowest BCUT2D eigenvalue weighted by Gasteiger charge is -2.05. The molecule has 2 rings (SSSR count). The highest BCUT2D eigenvalue weighted by Gasteiger charge is 2.08. The molecule has 0 amide bonds. The van der Waals surface area contributed by atoms with E-state index in [1.54, 1.807) is 4.68 Å². The van der Waals surface area contributed by atoms with Gasteiger partial charge < -0.3 is 9.88 Å². The van der Waals surface area contributed by atoms with Crippen LogP contribution in [0, 0.1) is 13.8 Å². The van der Waals surface area contributed by atoms with Crippen molar-refractivity contribution in [2.45, 2.75) is 27.3 Å². The summed E-state index contributed by atoms with van der Waals surface area (Å²) >= 11 is 0. The number of imidazole rings is 1. The molecule has 0 unspecified atom stereocenters. The summed E-state index contributed by atoms with van der Waals surface area (Å²) in [5.41, 5.74) is 3.00. The molecule has 0 radical (unpaired) electrons. The van der Waals surface area contributed by atoms with Gasteiger partial charge in [0.15, 0.2) is 0 Å². The maximum Gasteiger partial charge on any atom is 0.207 e. The van der Waals surface area contributed by atoms with Crippen LogP contribution in [0.25, 0.3) is 0 Å². The molecule has 0 fully saturated rings. The summed E-state index contributed by atoms with van der Waals surface area (Å²) in [6.45, 7) is 6.98. The average molecular weight is 219 g/mol. The highest BCUT2D eigenvalue weighted by Crippen LogP contribution is 2.18. The monoisotopic (exact) mass is 219 g/mol. The Balaban J connectivity index is 2.29. The van der Waals surface area contributed by atoms with Crippen molar-refractivity contribution < 1.29 is 0 Å². The van der Waals surface area contributed by atoms with Crippen molar-refractivity contribution in [3.63, 3.8) is 0 Å². The molecule has 0 aliphatic heterocycles. The maximum atomic E-state index is 4.44. The molecular weight excluding hydrogens is 202 g/mol. The van der Waals surface area contributed by atoms with Crippen molar-refractivity contribution in [3.8, 4) is 0 Å². The SMILES string of the molecule is CCn1cc(C)nc1Nc1cn(C)nc1C. The molecule has 0 atom stereocenters. The molecule has 0 aliphatic carbocycles. The molecule has 0 bridgehead atoms. The largest absolute Gasteiger partial charge is 0.323 e. The number of hydrogen-bond donors (Lipinski definition) is 1. The van der Waals surface area contributed by atoms with Crippen LogP contribution in [0.4, 0.5) is 11.6 Å². The Morgan fingerprint density at radius 1 is 1.31 bits per heavy atom. The van der Waals surface area contributed by atoms with Crippen molar-refractivity contribution in [3.05, 3.63) is 23.8 Å². The van der Waals surface area contributed by atoms with Gasteiger partial charge in [-0.2, -0.15) is 5.10 Å². The lowest BCUT2D eigenvalue weighted by atomic mass is 10.4.